The molecule has 1 aliphatic heterocycles. The van der Waals surface area contributed by atoms with Crippen molar-refractivity contribution < 1.29 is 9.53 Å². The molecule has 0 radical (unpaired) electrons. The highest BCUT2D eigenvalue weighted by Gasteiger charge is 2.41. The van der Waals surface area contributed by atoms with Crippen LogP contribution in [0.25, 0.3) is 0 Å². The molecule has 0 saturated carbocycles. The fraction of sp³-hybridized carbons (Fsp3) is 0.217. The van der Waals surface area contributed by atoms with Gasteiger partial charge in [0.05, 0.1) is 5.92 Å². The quantitative estimate of drug-likeness (QED) is 0.875. The van der Waals surface area contributed by atoms with E-state index in [1.165, 1.54) is 0 Å². The largest absolute Gasteiger partial charge is 0.444 e. The zero-order chi connectivity index (χ0) is 19.0. The summed E-state index contributed by atoms with van der Waals surface area (Å²) in [7, 11) is 0. The molecule has 0 saturated heterocycles. The van der Waals surface area contributed by atoms with Gasteiger partial charge in [-0.3, -0.25) is 4.79 Å². The molecule has 4 heteroatoms. The zero-order valence-electron chi connectivity index (χ0n) is 15.1. The van der Waals surface area contributed by atoms with Crippen molar-refractivity contribution in [2.75, 3.05) is 0 Å². The molecular formula is C23H20N2O2. The Kier molecular flexibility index (Phi) is 4.29. The summed E-state index contributed by atoms with van der Waals surface area (Å²) in [6.07, 6.45) is 1.01. The van der Waals surface area contributed by atoms with Crippen LogP contribution in [0, 0.1) is 18.3 Å². The van der Waals surface area contributed by atoms with Crippen molar-refractivity contribution in [1.82, 2.24) is 0 Å². The summed E-state index contributed by atoms with van der Waals surface area (Å²) in [5, 5.41) is 9.69. The topological polar surface area (TPSA) is 76.1 Å². The molecule has 2 N–H and O–H groups in total. The summed E-state index contributed by atoms with van der Waals surface area (Å²) in [4.78, 5) is 13.2. The maximum atomic E-state index is 13.2. The van der Waals surface area contributed by atoms with Gasteiger partial charge in [-0.1, -0.05) is 54.6 Å². The Hall–Kier alpha value is -3.32. The zero-order valence-corrected chi connectivity index (χ0v) is 15.1. The number of nitriles is 1. The lowest BCUT2D eigenvalue weighted by atomic mass is 9.73. The summed E-state index contributed by atoms with van der Waals surface area (Å²) in [6, 6.07) is 20.0. The van der Waals surface area contributed by atoms with Crippen molar-refractivity contribution in [2.24, 2.45) is 5.73 Å². The number of rotatable bonds is 2. The van der Waals surface area contributed by atoms with E-state index in [1.807, 2.05) is 61.5 Å². The maximum absolute atomic E-state index is 13.2. The highest BCUT2D eigenvalue weighted by Crippen LogP contribution is 2.47. The SMILES string of the molecule is Cc1ccccc1C1C(C#N)=C(N)OC2=C1C(=O)CC(c1ccccc1)C2. The fourth-order valence-electron chi connectivity index (χ4n) is 4.09. The number of ketones is 1. The van der Waals surface area contributed by atoms with Crippen LogP contribution >= 0.6 is 0 Å². The lowest BCUT2D eigenvalue weighted by molar-refractivity contribution is -0.117. The average molecular weight is 356 g/mol. The molecule has 0 fully saturated rings. The first-order valence-electron chi connectivity index (χ1n) is 9.04. The molecule has 1 heterocycles. The van der Waals surface area contributed by atoms with E-state index < -0.39 is 5.92 Å². The molecule has 2 unspecified atom stereocenters. The number of aryl methyl sites for hydroxylation is 1. The van der Waals surface area contributed by atoms with Crippen molar-refractivity contribution >= 4 is 5.78 Å². The second kappa shape index (κ2) is 6.77. The molecule has 2 aromatic rings. The predicted molar refractivity (Wildman–Crippen MR) is 102 cm³/mol. The van der Waals surface area contributed by atoms with Crippen molar-refractivity contribution in [3.05, 3.63) is 94.1 Å². The Labute approximate surface area is 158 Å². The van der Waals surface area contributed by atoms with Crippen molar-refractivity contribution in [3.63, 3.8) is 0 Å². The second-order valence-corrected chi connectivity index (χ2v) is 7.06. The molecule has 27 heavy (non-hydrogen) atoms. The third kappa shape index (κ3) is 2.92. The van der Waals surface area contributed by atoms with E-state index in [1.54, 1.807) is 0 Å². The molecule has 0 aromatic heterocycles. The van der Waals surface area contributed by atoms with Gasteiger partial charge < -0.3 is 10.5 Å². The van der Waals surface area contributed by atoms with Gasteiger partial charge in [0.25, 0.3) is 0 Å². The third-order valence-corrected chi connectivity index (χ3v) is 5.43. The molecule has 4 rings (SSSR count). The van der Waals surface area contributed by atoms with Gasteiger partial charge in [-0.25, -0.2) is 0 Å². The number of nitrogens with zero attached hydrogens (tertiary/aromatic N) is 1. The van der Waals surface area contributed by atoms with Crippen LogP contribution < -0.4 is 5.73 Å². The van der Waals surface area contributed by atoms with Gasteiger partial charge in [-0.2, -0.15) is 5.26 Å². The van der Waals surface area contributed by atoms with E-state index in [9.17, 15) is 10.1 Å². The van der Waals surface area contributed by atoms with Crippen LogP contribution in [-0.4, -0.2) is 5.78 Å². The molecule has 1 aliphatic carbocycles. The van der Waals surface area contributed by atoms with Crippen molar-refractivity contribution in [2.45, 2.75) is 31.6 Å². The van der Waals surface area contributed by atoms with E-state index in [2.05, 4.69) is 6.07 Å². The lowest BCUT2D eigenvalue weighted by Gasteiger charge is -2.34. The minimum Gasteiger partial charge on any atom is -0.444 e. The van der Waals surface area contributed by atoms with Crippen LogP contribution in [0.3, 0.4) is 0 Å². The van der Waals surface area contributed by atoms with Gasteiger partial charge in [-0.05, 0) is 29.5 Å². The van der Waals surface area contributed by atoms with Crippen LogP contribution in [0.4, 0.5) is 0 Å². The standard InChI is InChI=1S/C23H20N2O2/c1-14-7-5-6-10-17(14)21-18(13-24)23(25)27-20-12-16(11-19(26)22(20)21)15-8-3-2-4-9-15/h2-10,16,21H,11-12,25H2,1H3. The summed E-state index contributed by atoms with van der Waals surface area (Å²) < 4.78 is 5.80. The summed E-state index contributed by atoms with van der Waals surface area (Å²) in [5.74, 6) is 0.338. The number of hydrogen-bond donors (Lipinski definition) is 1. The summed E-state index contributed by atoms with van der Waals surface area (Å²) >= 11 is 0. The number of benzene rings is 2. The first kappa shape index (κ1) is 17.1. The number of Topliss-reactive ketones (excluding diaryl/α,β-unsaturated/α-hetero) is 1. The van der Waals surface area contributed by atoms with Crippen molar-refractivity contribution in [3.8, 4) is 6.07 Å². The van der Waals surface area contributed by atoms with Crippen LogP contribution in [0.1, 0.15) is 41.4 Å². The van der Waals surface area contributed by atoms with E-state index >= 15 is 0 Å². The van der Waals surface area contributed by atoms with Gasteiger partial charge in [-0.15, -0.1) is 0 Å². The van der Waals surface area contributed by atoms with Gasteiger partial charge in [0.15, 0.2) is 5.78 Å². The summed E-state index contributed by atoms with van der Waals surface area (Å²) in [5.41, 5.74) is 10.1. The number of nitrogens with two attached hydrogens (primary N) is 1. The number of ether oxygens (including phenoxy) is 1. The Morgan fingerprint density at radius 2 is 1.78 bits per heavy atom. The second-order valence-electron chi connectivity index (χ2n) is 7.06. The minimum absolute atomic E-state index is 0.0265. The molecule has 4 nitrogen and oxygen atoms in total. The fourth-order valence-corrected chi connectivity index (χ4v) is 4.09. The molecule has 0 bridgehead atoms. The molecular weight excluding hydrogens is 336 g/mol. The van der Waals surface area contributed by atoms with E-state index in [0.717, 1.165) is 16.7 Å². The Morgan fingerprint density at radius 1 is 1.07 bits per heavy atom. The number of carbonyl (C=O) groups is 1. The maximum Gasteiger partial charge on any atom is 0.205 e. The molecule has 0 amide bonds. The lowest BCUT2D eigenvalue weighted by Crippen LogP contribution is -2.30. The smallest absolute Gasteiger partial charge is 0.205 e. The van der Waals surface area contributed by atoms with E-state index in [0.29, 0.717) is 29.7 Å². The van der Waals surface area contributed by atoms with Gasteiger partial charge >= 0.3 is 0 Å². The van der Waals surface area contributed by atoms with Crippen molar-refractivity contribution in [1.29, 1.82) is 5.26 Å². The molecule has 2 atom stereocenters. The van der Waals surface area contributed by atoms with Crippen LogP contribution in [0.5, 0.6) is 0 Å². The highest BCUT2D eigenvalue weighted by molar-refractivity contribution is 6.00. The summed E-state index contributed by atoms with van der Waals surface area (Å²) in [6.45, 7) is 1.98. The Balaban J connectivity index is 1.82. The third-order valence-electron chi connectivity index (χ3n) is 5.43. The number of carbonyl (C=O) groups excluding carboxylic acids is 1. The Morgan fingerprint density at radius 3 is 2.48 bits per heavy atom. The van der Waals surface area contributed by atoms with Gasteiger partial charge in [0.1, 0.15) is 17.4 Å². The first-order chi connectivity index (χ1) is 13.1. The van der Waals surface area contributed by atoms with Gasteiger partial charge in [0.2, 0.25) is 5.88 Å². The monoisotopic (exact) mass is 356 g/mol. The van der Waals surface area contributed by atoms with Crippen LogP contribution in [0.2, 0.25) is 0 Å². The Bertz CT molecular complexity index is 1010. The number of hydrogen-bond acceptors (Lipinski definition) is 4. The minimum atomic E-state index is -0.454. The molecule has 0 spiro atoms. The molecule has 2 aliphatic rings. The van der Waals surface area contributed by atoms with E-state index in [-0.39, 0.29) is 17.6 Å². The first-order valence-corrected chi connectivity index (χ1v) is 9.04. The highest BCUT2D eigenvalue weighted by atomic mass is 16.5. The predicted octanol–water partition coefficient (Wildman–Crippen LogP) is 4.20. The molecule has 134 valence electrons. The average Bonchev–Trinajstić information content (AvgIpc) is 2.68. The van der Waals surface area contributed by atoms with Gasteiger partial charge in [0, 0.05) is 18.4 Å². The molecule has 2 aromatic carbocycles. The normalized spacial score (nSPS) is 22.1. The van der Waals surface area contributed by atoms with Crippen LogP contribution in [-0.2, 0) is 9.53 Å². The van der Waals surface area contributed by atoms with Crippen LogP contribution in [0.15, 0.2) is 77.4 Å². The van der Waals surface area contributed by atoms with E-state index in [4.69, 9.17) is 10.5 Å². The number of allylic oxidation sites excluding steroid dienone is 3.